The number of nitrogens with one attached hydrogen (secondary N) is 1. The smallest absolute Gasteiger partial charge is 0.243 e. The average molecular weight is 285 g/mol. The lowest BCUT2D eigenvalue weighted by Gasteiger charge is -2.08. The molecule has 0 saturated carbocycles. The summed E-state index contributed by atoms with van der Waals surface area (Å²) in [5, 5.41) is 7.26. The van der Waals surface area contributed by atoms with Crippen molar-refractivity contribution in [2.24, 2.45) is 0 Å². The number of hydrogen-bond acceptors (Lipinski definition) is 5. The summed E-state index contributed by atoms with van der Waals surface area (Å²) in [5.41, 5.74) is 5.63. The van der Waals surface area contributed by atoms with Crippen LogP contribution in [0, 0.1) is 5.82 Å². The molecule has 0 aliphatic carbocycles. The van der Waals surface area contributed by atoms with E-state index in [1.807, 2.05) is 0 Å². The molecule has 0 amide bonds. The molecule has 7 nitrogen and oxygen atoms in total. The third-order valence-corrected chi connectivity index (χ3v) is 3.83. The van der Waals surface area contributed by atoms with Crippen LogP contribution in [0.2, 0.25) is 0 Å². The van der Waals surface area contributed by atoms with Crippen molar-refractivity contribution in [1.29, 1.82) is 0 Å². The highest BCUT2D eigenvalue weighted by Gasteiger charge is 2.18. The molecule has 102 valence electrons. The van der Waals surface area contributed by atoms with Crippen molar-refractivity contribution in [2.75, 3.05) is 12.3 Å². The van der Waals surface area contributed by atoms with Gasteiger partial charge in [0.1, 0.15) is 10.7 Å². The Bertz CT molecular complexity index is 657. The van der Waals surface area contributed by atoms with Gasteiger partial charge in [-0.2, -0.15) is 0 Å². The minimum Gasteiger partial charge on any atom is -0.399 e. The standard InChI is InChI=1S/C10H12FN5O2S/c11-9-2-1-8(12)7-10(9)19(17,18)14-4-6-16-5-3-13-15-16/h1-3,5,7,14H,4,6,12H2. The number of nitrogens with zero attached hydrogens (tertiary/aromatic N) is 3. The van der Waals surface area contributed by atoms with Gasteiger partial charge in [0, 0.05) is 18.4 Å². The molecule has 9 heteroatoms. The van der Waals surface area contributed by atoms with Crippen LogP contribution in [0.5, 0.6) is 0 Å². The van der Waals surface area contributed by atoms with Crippen LogP contribution >= 0.6 is 0 Å². The van der Waals surface area contributed by atoms with Crippen molar-refractivity contribution in [2.45, 2.75) is 11.4 Å². The molecule has 0 radical (unpaired) electrons. The van der Waals surface area contributed by atoms with E-state index in [9.17, 15) is 12.8 Å². The van der Waals surface area contributed by atoms with Gasteiger partial charge in [0.25, 0.3) is 0 Å². The largest absolute Gasteiger partial charge is 0.399 e. The lowest BCUT2D eigenvalue weighted by atomic mass is 10.3. The van der Waals surface area contributed by atoms with Gasteiger partial charge < -0.3 is 5.73 Å². The van der Waals surface area contributed by atoms with Gasteiger partial charge in [-0.15, -0.1) is 5.10 Å². The molecular formula is C10H12FN5O2S. The highest BCUT2D eigenvalue weighted by Crippen LogP contribution is 2.17. The van der Waals surface area contributed by atoms with Gasteiger partial charge in [-0.1, -0.05) is 5.21 Å². The first kappa shape index (κ1) is 13.4. The Hall–Kier alpha value is -2.00. The molecule has 0 unspecified atom stereocenters. The first-order valence-electron chi connectivity index (χ1n) is 5.38. The van der Waals surface area contributed by atoms with Crippen molar-refractivity contribution in [3.8, 4) is 0 Å². The molecular weight excluding hydrogens is 273 g/mol. The summed E-state index contributed by atoms with van der Waals surface area (Å²) in [5.74, 6) is -0.845. The van der Waals surface area contributed by atoms with E-state index in [0.717, 1.165) is 12.1 Å². The van der Waals surface area contributed by atoms with Crippen molar-refractivity contribution in [3.05, 3.63) is 36.4 Å². The fourth-order valence-electron chi connectivity index (χ4n) is 1.45. The molecule has 0 saturated heterocycles. The predicted molar refractivity (Wildman–Crippen MR) is 66.0 cm³/mol. The number of hydrogen-bond donors (Lipinski definition) is 2. The first-order valence-corrected chi connectivity index (χ1v) is 6.86. The van der Waals surface area contributed by atoms with Crippen LogP contribution in [0.15, 0.2) is 35.5 Å². The monoisotopic (exact) mass is 285 g/mol. The van der Waals surface area contributed by atoms with Crippen LogP contribution in [0.25, 0.3) is 0 Å². The van der Waals surface area contributed by atoms with Gasteiger partial charge in [0.05, 0.1) is 12.7 Å². The van der Waals surface area contributed by atoms with E-state index in [1.165, 1.54) is 16.9 Å². The first-order chi connectivity index (χ1) is 8.99. The molecule has 1 aromatic carbocycles. The van der Waals surface area contributed by atoms with Crippen LogP contribution in [-0.4, -0.2) is 30.0 Å². The second kappa shape index (κ2) is 5.33. The molecule has 0 fully saturated rings. The van der Waals surface area contributed by atoms with E-state index in [0.29, 0.717) is 6.54 Å². The number of sulfonamides is 1. The maximum absolute atomic E-state index is 13.5. The van der Waals surface area contributed by atoms with Gasteiger partial charge in [0.15, 0.2) is 0 Å². The third-order valence-electron chi connectivity index (χ3n) is 2.35. The van der Waals surface area contributed by atoms with E-state index in [4.69, 9.17) is 5.73 Å². The molecule has 0 bridgehead atoms. The molecule has 0 atom stereocenters. The highest BCUT2D eigenvalue weighted by atomic mass is 32.2. The Morgan fingerprint density at radius 1 is 1.42 bits per heavy atom. The summed E-state index contributed by atoms with van der Waals surface area (Å²) in [7, 11) is -3.93. The Balaban J connectivity index is 2.07. The predicted octanol–water partition coefficient (Wildman–Crippen LogP) is -0.0221. The normalized spacial score (nSPS) is 11.6. The van der Waals surface area contributed by atoms with Gasteiger partial charge in [-0.05, 0) is 18.2 Å². The van der Waals surface area contributed by atoms with Gasteiger partial charge in [-0.25, -0.2) is 17.5 Å². The molecule has 0 aliphatic heterocycles. The summed E-state index contributed by atoms with van der Waals surface area (Å²) in [6.07, 6.45) is 3.07. The number of nitrogens with two attached hydrogens (primary N) is 1. The molecule has 0 aliphatic rings. The summed E-state index contributed by atoms with van der Waals surface area (Å²) in [6, 6.07) is 3.39. The Morgan fingerprint density at radius 2 is 2.21 bits per heavy atom. The Morgan fingerprint density at radius 3 is 2.89 bits per heavy atom. The number of benzene rings is 1. The third kappa shape index (κ3) is 3.26. The Kier molecular flexibility index (Phi) is 3.76. The van der Waals surface area contributed by atoms with Crippen LogP contribution in [0.4, 0.5) is 10.1 Å². The minimum atomic E-state index is -3.93. The van der Waals surface area contributed by atoms with E-state index < -0.39 is 20.7 Å². The van der Waals surface area contributed by atoms with E-state index in [-0.39, 0.29) is 12.2 Å². The summed E-state index contributed by atoms with van der Waals surface area (Å²) in [4.78, 5) is -0.467. The SMILES string of the molecule is Nc1ccc(F)c(S(=O)(=O)NCCn2ccnn2)c1. The van der Waals surface area contributed by atoms with Crippen molar-refractivity contribution in [1.82, 2.24) is 19.7 Å². The maximum atomic E-state index is 13.5. The molecule has 2 aromatic rings. The molecule has 1 aromatic heterocycles. The summed E-state index contributed by atoms with van der Waals surface area (Å²) in [6.45, 7) is 0.364. The second-order valence-electron chi connectivity index (χ2n) is 3.75. The lowest BCUT2D eigenvalue weighted by Crippen LogP contribution is -2.28. The minimum absolute atomic E-state index is 0.0694. The van der Waals surface area contributed by atoms with Gasteiger partial charge in [0.2, 0.25) is 10.0 Å². The number of halogens is 1. The maximum Gasteiger partial charge on any atom is 0.243 e. The Labute approximate surface area is 109 Å². The highest BCUT2D eigenvalue weighted by molar-refractivity contribution is 7.89. The lowest BCUT2D eigenvalue weighted by molar-refractivity contribution is 0.541. The van der Waals surface area contributed by atoms with Crippen molar-refractivity contribution < 1.29 is 12.8 Å². The van der Waals surface area contributed by atoms with Gasteiger partial charge in [-0.3, -0.25) is 4.68 Å². The van der Waals surface area contributed by atoms with E-state index >= 15 is 0 Å². The van der Waals surface area contributed by atoms with E-state index in [1.54, 1.807) is 6.20 Å². The zero-order chi connectivity index (χ0) is 13.9. The average Bonchev–Trinajstić information content (AvgIpc) is 2.85. The van der Waals surface area contributed by atoms with Crippen LogP contribution < -0.4 is 10.5 Å². The fraction of sp³-hybridized carbons (Fsp3) is 0.200. The number of aromatic nitrogens is 3. The van der Waals surface area contributed by atoms with E-state index in [2.05, 4.69) is 15.0 Å². The fourth-order valence-corrected chi connectivity index (χ4v) is 2.58. The van der Waals surface area contributed by atoms with Crippen molar-refractivity contribution in [3.63, 3.8) is 0 Å². The summed E-state index contributed by atoms with van der Waals surface area (Å²) < 4.78 is 41.0. The second-order valence-corrected chi connectivity index (χ2v) is 5.49. The van der Waals surface area contributed by atoms with Crippen LogP contribution in [0.3, 0.4) is 0 Å². The van der Waals surface area contributed by atoms with Gasteiger partial charge >= 0.3 is 0 Å². The molecule has 1 heterocycles. The molecule has 0 spiro atoms. The molecule has 2 rings (SSSR count). The number of anilines is 1. The quantitative estimate of drug-likeness (QED) is 0.751. The van der Waals surface area contributed by atoms with Crippen molar-refractivity contribution >= 4 is 15.7 Å². The number of rotatable bonds is 5. The number of nitrogen functional groups attached to an aromatic ring is 1. The molecule has 19 heavy (non-hydrogen) atoms. The molecule has 3 N–H and O–H groups in total. The zero-order valence-corrected chi connectivity index (χ0v) is 10.6. The topological polar surface area (TPSA) is 103 Å². The van der Waals surface area contributed by atoms with Crippen LogP contribution in [-0.2, 0) is 16.6 Å². The summed E-state index contributed by atoms with van der Waals surface area (Å²) >= 11 is 0. The zero-order valence-electron chi connectivity index (χ0n) is 9.82. The van der Waals surface area contributed by atoms with Crippen LogP contribution in [0.1, 0.15) is 0 Å².